The molecule has 2 aromatic rings. The van der Waals surface area contributed by atoms with E-state index in [4.69, 9.17) is 0 Å². The van der Waals surface area contributed by atoms with E-state index < -0.39 is 0 Å². The van der Waals surface area contributed by atoms with Gasteiger partial charge in [-0.1, -0.05) is 48.5 Å². The second kappa shape index (κ2) is 10.6. The van der Waals surface area contributed by atoms with E-state index in [-0.39, 0.29) is 5.91 Å². The number of quaternary nitrogens is 2. The van der Waals surface area contributed by atoms with Crippen molar-refractivity contribution < 1.29 is 15.0 Å². The standard InChI is InChI=1S/C21H29N3O/c1-3-24(4-2)16-10-15-22-17-21(25)23-20-14-9-8-13-19(20)18-11-6-5-7-12-18/h5-9,11-14,22H,3-4,10,15-17H2,1-2H3,(H,23,25)/p+2. The fourth-order valence-electron chi connectivity index (χ4n) is 3.00. The first-order valence-corrected chi connectivity index (χ1v) is 9.34. The molecule has 0 aliphatic heterocycles. The van der Waals surface area contributed by atoms with Gasteiger partial charge in [0.05, 0.1) is 26.2 Å². The van der Waals surface area contributed by atoms with Gasteiger partial charge in [-0.3, -0.25) is 4.79 Å². The average Bonchev–Trinajstić information content (AvgIpc) is 2.66. The lowest BCUT2D eigenvalue weighted by molar-refractivity contribution is -0.898. The lowest BCUT2D eigenvalue weighted by Crippen LogP contribution is -3.11. The third-order valence-corrected chi connectivity index (χ3v) is 4.55. The van der Waals surface area contributed by atoms with Crippen molar-refractivity contribution in [3.05, 3.63) is 54.6 Å². The zero-order valence-corrected chi connectivity index (χ0v) is 15.4. The van der Waals surface area contributed by atoms with Crippen LogP contribution >= 0.6 is 0 Å². The summed E-state index contributed by atoms with van der Waals surface area (Å²) in [5, 5.41) is 5.16. The molecule has 0 fully saturated rings. The molecule has 0 heterocycles. The van der Waals surface area contributed by atoms with Gasteiger partial charge in [0.2, 0.25) is 0 Å². The Morgan fingerprint density at radius 3 is 2.40 bits per heavy atom. The molecule has 25 heavy (non-hydrogen) atoms. The first-order chi connectivity index (χ1) is 12.2. The third kappa shape index (κ3) is 6.33. The summed E-state index contributed by atoms with van der Waals surface area (Å²) in [5.74, 6) is 0.0542. The Kier molecular flexibility index (Phi) is 8.16. The summed E-state index contributed by atoms with van der Waals surface area (Å²) in [6.45, 7) is 9.44. The zero-order valence-electron chi connectivity index (χ0n) is 15.4. The first kappa shape index (κ1) is 19.2. The number of para-hydroxylation sites is 1. The van der Waals surface area contributed by atoms with Crippen LogP contribution < -0.4 is 15.5 Å². The van der Waals surface area contributed by atoms with Gasteiger partial charge in [-0.25, -0.2) is 0 Å². The molecule has 0 saturated carbocycles. The number of hydrogen-bond donors (Lipinski definition) is 3. The normalized spacial score (nSPS) is 10.8. The van der Waals surface area contributed by atoms with E-state index in [1.165, 1.54) is 19.6 Å². The molecule has 4 heteroatoms. The molecule has 0 radical (unpaired) electrons. The second-order valence-corrected chi connectivity index (χ2v) is 6.30. The van der Waals surface area contributed by atoms with Gasteiger partial charge < -0.3 is 15.5 Å². The molecule has 0 unspecified atom stereocenters. The molecule has 0 atom stereocenters. The fraction of sp³-hybridized carbons (Fsp3) is 0.381. The summed E-state index contributed by atoms with van der Waals surface area (Å²) in [6.07, 6.45) is 1.14. The van der Waals surface area contributed by atoms with Crippen molar-refractivity contribution in [2.45, 2.75) is 20.3 Å². The molecule has 4 N–H and O–H groups in total. The summed E-state index contributed by atoms with van der Waals surface area (Å²) >= 11 is 0. The predicted octanol–water partition coefficient (Wildman–Crippen LogP) is 1.17. The Morgan fingerprint density at radius 2 is 1.68 bits per heavy atom. The van der Waals surface area contributed by atoms with Crippen molar-refractivity contribution in [3.63, 3.8) is 0 Å². The summed E-state index contributed by atoms with van der Waals surface area (Å²) < 4.78 is 0. The summed E-state index contributed by atoms with van der Waals surface area (Å²) in [7, 11) is 0. The van der Waals surface area contributed by atoms with E-state index in [1.807, 2.05) is 42.5 Å². The molecule has 2 rings (SSSR count). The van der Waals surface area contributed by atoms with Crippen molar-refractivity contribution in [2.24, 2.45) is 0 Å². The molecule has 0 aromatic heterocycles. The molecule has 0 aliphatic carbocycles. The molecule has 1 amide bonds. The van der Waals surface area contributed by atoms with E-state index in [1.54, 1.807) is 4.90 Å². The molecule has 0 aliphatic rings. The fourth-order valence-corrected chi connectivity index (χ4v) is 3.00. The van der Waals surface area contributed by atoms with Gasteiger partial charge in [-0.2, -0.15) is 0 Å². The number of rotatable bonds is 10. The highest BCUT2D eigenvalue weighted by molar-refractivity contribution is 5.95. The van der Waals surface area contributed by atoms with E-state index in [9.17, 15) is 4.79 Å². The predicted molar refractivity (Wildman–Crippen MR) is 104 cm³/mol. The Morgan fingerprint density at radius 1 is 1.00 bits per heavy atom. The topological polar surface area (TPSA) is 50.2 Å². The molecule has 4 nitrogen and oxygen atoms in total. The van der Waals surface area contributed by atoms with Crippen molar-refractivity contribution in [2.75, 3.05) is 38.0 Å². The van der Waals surface area contributed by atoms with Gasteiger partial charge >= 0.3 is 0 Å². The van der Waals surface area contributed by atoms with Gasteiger partial charge in [0.25, 0.3) is 5.91 Å². The number of anilines is 1. The van der Waals surface area contributed by atoms with Crippen LogP contribution in [-0.4, -0.2) is 38.6 Å². The number of carbonyl (C=O) groups is 1. The van der Waals surface area contributed by atoms with Crippen LogP contribution in [0.5, 0.6) is 0 Å². The van der Waals surface area contributed by atoms with Gasteiger partial charge in [-0.05, 0) is 25.5 Å². The highest BCUT2D eigenvalue weighted by Crippen LogP contribution is 2.27. The molecule has 0 spiro atoms. The van der Waals surface area contributed by atoms with Gasteiger partial charge in [0, 0.05) is 17.7 Å². The number of nitrogens with two attached hydrogens (primary N) is 1. The number of nitrogens with one attached hydrogen (secondary N) is 2. The largest absolute Gasteiger partial charge is 0.338 e. The Labute approximate surface area is 151 Å². The van der Waals surface area contributed by atoms with Crippen molar-refractivity contribution >= 4 is 11.6 Å². The smallest absolute Gasteiger partial charge is 0.279 e. The monoisotopic (exact) mass is 341 g/mol. The highest BCUT2D eigenvalue weighted by atomic mass is 16.1. The van der Waals surface area contributed by atoms with Crippen LogP contribution in [0.4, 0.5) is 5.69 Å². The molecule has 0 bridgehead atoms. The Balaban J connectivity index is 1.81. The molecule has 0 saturated heterocycles. The number of amides is 1. The molecule has 2 aromatic carbocycles. The van der Waals surface area contributed by atoms with Gasteiger partial charge in [0.1, 0.15) is 0 Å². The van der Waals surface area contributed by atoms with E-state index in [2.05, 4.69) is 36.6 Å². The molecule has 134 valence electrons. The third-order valence-electron chi connectivity index (χ3n) is 4.55. The van der Waals surface area contributed by atoms with Gasteiger partial charge in [-0.15, -0.1) is 0 Å². The Bertz CT molecular complexity index is 639. The van der Waals surface area contributed by atoms with Gasteiger partial charge in [0.15, 0.2) is 6.54 Å². The van der Waals surface area contributed by atoms with Crippen LogP contribution in [0.2, 0.25) is 0 Å². The summed E-state index contributed by atoms with van der Waals surface area (Å²) in [5.41, 5.74) is 3.05. The van der Waals surface area contributed by atoms with Crippen molar-refractivity contribution in [1.29, 1.82) is 0 Å². The maximum Gasteiger partial charge on any atom is 0.279 e. The lowest BCUT2D eigenvalue weighted by Gasteiger charge is -2.14. The van der Waals surface area contributed by atoms with E-state index in [0.717, 1.165) is 29.8 Å². The maximum absolute atomic E-state index is 12.3. The van der Waals surface area contributed by atoms with Crippen LogP contribution in [0.1, 0.15) is 20.3 Å². The minimum absolute atomic E-state index is 0.0542. The molecular formula is C21H31N3O+2. The first-order valence-electron chi connectivity index (χ1n) is 9.34. The number of hydrogen-bond acceptors (Lipinski definition) is 1. The lowest BCUT2D eigenvalue weighted by atomic mass is 10.0. The van der Waals surface area contributed by atoms with Crippen LogP contribution in [0.3, 0.4) is 0 Å². The van der Waals surface area contributed by atoms with Crippen molar-refractivity contribution in [1.82, 2.24) is 0 Å². The second-order valence-electron chi connectivity index (χ2n) is 6.30. The zero-order chi connectivity index (χ0) is 17.9. The number of carbonyl (C=O) groups excluding carboxylic acids is 1. The number of benzene rings is 2. The SMILES string of the molecule is CC[NH+](CC)CCC[NH2+]CC(=O)Nc1ccccc1-c1ccccc1. The van der Waals surface area contributed by atoms with Crippen LogP contribution in [0.25, 0.3) is 11.1 Å². The summed E-state index contributed by atoms with van der Waals surface area (Å²) in [4.78, 5) is 13.9. The highest BCUT2D eigenvalue weighted by Gasteiger charge is 2.09. The average molecular weight is 341 g/mol. The van der Waals surface area contributed by atoms with E-state index in [0.29, 0.717) is 6.54 Å². The minimum atomic E-state index is 0.0542. The van der Waals surface area contributed by atoms with E-state index >= 15 is 0 Å². The minimum Gasteiger partial charge on any atom is -0.338 e. The summed E-state index contributed by atoms with van der Waals surface area (Å²) in [6, 6.07) is 18.1. The van der Waals surface area contributed by atoms with Crippen molar-refractivity contribution in [3.8, 4) is 11.1 Å². The van der Waals surface area contributed by atoms with Crippen LogP contribution in [0, 0.1) is 0 Å². The van der Waals surface area contributed by atoms with Crippen LogP contribution in [0.15, 0.2) is 54.6 Å². The maximum atomic E-state index is 12.3. The van der Waals surface area contributed by atoms with Crippen LogP contribution in [-0.2, 0) is 4.79 Å². The molecular weight excluding hydrogens is 310 g/mol. The quantitative estimate of drug-likeness (QED) is 0.558. The Hall–Kier alpha value is -2.17.